The summed E-state index contributed by atoms with van der Waals surface area (Å²) in [7, 11) is 0.159. The molecule has 8 bridgehead atoms. The second-order valence-electron chi connectivity index (χ2n) is 18.7. The fourth-order valence-electron chi connectivity index (χ4n) is 13.5. The van der Waals surface area contributed by atoms with Crippen LogP contribution in [0.25, 0.3) is 0 Å². The highest BCUT2D eigenvalue weighted by Gasteiger charge is 2.63. The molecule has 0 aromatic carbocycles. The molecule has 1 unspecified atom stereocenters. The summed E-state index contributed by atoms with van der Waals surface area (Å²) in [5.41, 5.74) is 0. The molecule has 0 radical (unpaired) electrons. The van der Waals surface area contributed by atoms with E-state index in [2.05, 4.69) is 41.5 Å². The smallest absolute Gasteiger partial charge is 0.00814 e. The van der Waals surface area contributed by atoms with Crippen molar-refractivity contribution in [3.05, 3.63) is 0 Å². The lowest BCUT2D eigenvalue weighted by molar-refractivity contribution is 0.0182. The van der Waals surface area contributed by atoms with E-state index in [1.54, 1.807) is 102 Å². The molecule has 9 rings (SSSR count). The summed E-state index contributed by atoms with van der Waals surface area (Å²) in [6.07, 6.45) is 29.5. The molecule has 9 aliphatic rings. The molecule has 216 valence electrons. The van der Waals surface area contributed by atoms with Gasteiger partial charge in [-0.25, -0.2) is 0 Å². The molecule has 0 nitrogen and oxygen atoms in total. The van der Waals surface area contributed by atoms with Crippen LogP contribution in [0.3, 0.4) is 0 Å². The van der Waals surface area contributed by atoms with Crippen molar-refractivity contribution in [3.8, 4) is 0 Å². The maximum atomic E-state index is 2.61. The zero-order valence-corrected chi connectivity index (χ0v) is 28.0. The SMILES string of the molecule is CC(C)(C)P(CC(CP(C12CC3CC(CC(C3)C1)C2)C12CC3CC(CC(C3)C1)C2)C1CCCC1)C(C)(C)C. The number of hydrogen-bond donors (Lipinski definition) is 0. The Morgan fingerprint density at radius 3 is 1.21 bits per heavy atom. The highest BCUT2D eigenvalue weighted by molar-refractivity contribution is 7.62. The van der Waals surface area contributed by atoms with Gasteiger partial charge in [-0.15, -0.1) is 0 Å². The van der Waals surface area contributed by atoms with E-state index in [1.165, 1.54) is 12.8 Å². The minimum Gasteiger partial charge on any atom is -0.0953 e. The van der Waals surface area contributed by atoms with E-state index >= 15 is 0 Å². The second-order valence-corrected chi connectivity index (χ2v) is 25.7. The maximum absolute atomic E-state index is 2.61. The summed E-state index contributed by atoms with van der Waals surface area (Å²) in [6, 6.07) is 0. The monoisotopic (exact) mass is 556 g/mol. The van der Waals surface area contributed by atoms with Crippen LogP contribution in [-0.2, 0) is 0 Å². The highest BCUT2D eigenvalue weighted by Crippen LogP contribution is 2.79. The first kappa shape index (κ1) is 27.7. The van der Waals surface area contributed by atoms with Crippen molar-refractivity contribution in [2.24, 2.45) is 47.3 Å². The van der Waals surface area contributed by atoms with E-state index < -0.39 is 0 Å². The van der Waals surface area contributed by atoms with Crippen molar-refractivity contribution < 1.29 is 0 Å². The molecule has 38 heavy (non-hydrogen) atoms. The van der Waals surface area contributed by atoms with Crippen LogP contribution in [0.5, 0.6) is 0 Å². The molecule has 0 aliphatic heterocycles. The average Bonchev–Trinajstić information content (AvgIpc) is 3.30. The van der Waals surface area contributed by atoms with Crippen molar-refractivity contribution in [1.29, 1.82) is 0 Å². The maximum Gasteiger partial charge on any atom is -0.00814 e. The average molecular weight is 557 g/mol. The Labute approximate surface area is 239 Å². The van der Waals surface area contributed by atoms with E-state index in [-0.39, 0.29) is 15.8 Å². The van der Waals surface area contributed by atoms with Crippen LogP contribution in [0, 0.1) is 47.3 Å². The van der Waals surface area contributed by atoms with E-state index in [0.717, 1.165) is 57.7 Å². The summed E-state index contributed by atoms with van der Waals surface area (Å²) in [5, 5.41) is 2.60. The normalized spacial score (nSPS) is 45.9. The van der Waals surface area contributed by atoms with Gasteiger partial charge in [-0.05, 0) is 157 Å². The van der Waals surface area contributed by atoms with E-state index in [9.17, 15) is 0 Å². The van der Waals surface area contributed by atoms with Gasteiger partial charge in [0.2, 0.25) is 0 Å². The first-order valence-electron chi connectivity index (χ1n) is 17.5. The topological polar surface area (TPSA) is 0 Å². The van der Waals surface area contributed by atoms with Crippen LogP contribution < -0.4 is 0 Å². The van der Waals surface area contributed by atoms with E-state index in [0.29, 0.717) is 10.3 Å². The minimum atomic E-state index is 0.0152. The van der Waals surface area contributed by atoms with Crippen molar-refractivity contribution in [3.63, 3.8) is 0 Å². The predicted molar refractivity (Wildman–Crippen MR) is 170 cm³/mol. The van der Waals surface area contributed by atoms with Crippen molar-refractivity contribution >= 4 is 15.8 Å². The van der Waals surface area contributed by atoms with E-state index in [1.807, 2.05) is 0 Å². The van der Waals surface area contributed by atoms with Gasteiger partial charge in [-0.1, -0.05) is 83.1 Å². The van der Waals surface area contributed by atoms with Gasteiger partial charge in [0, 0.05) is 0 Å². The quantitative estimate of drug-likeness (QED) is 0.274. The van der Waals surface area contributed by atoms with Gasteiger partial charge in [-0.2, -0.15) is 0 Å². The van der Waals surface area contributed by atoms with Gasteiger partial charge in [0.25, 0.3) is 0 Å². The van der Waals surface area contributed by atoms with Crippen molar-refractivity contribution in [1.82, 2.24) is 0 Å². The van der Waals surface area contributed by atoms with Crippen molar-refractivity contribution in [2.75, 3.05) is 12.3 Å². The highest BCUT2D eigenvalue weighted by atomic mass is 31.1. The van der Waals surface area contributed by atoms with Crippen molar-refractivity contribution in [2.45, 2.75) is 165 Å². The molecule has 0 saturated heterocycles. The zero-order valence-electron chi connectivity index (χ0n) is 26.2. The summed E-state index contributed by atoms with van der Waals surface area (Å²) in [5.74, 6) is 8.90. The summed E-state index contributed by atoms with van der Waals surface area (Å²) >= 11 is 0. The van der Waals surface area contributed by atoms with Crippen LogP contribution in [-0.4, -0.2) is 32.9 Å². The molecule has 0 spiro atoms. The van der Waals surface area contributed by atoms with Gasteiger partial charge < -0.3 is 0 Å². The molecule has 0 aromatic heterocycles. The van der Waals surface area contributed by atoms with Gasteiger partial charge in [-0.3, -0.25) is 0 Å². The predicted octanol–water partition coefficient (Wildman–Crippen LogP) is 11.3. The standard InChI is InChI=1S/C36H62P2/c1-33(2,3)37(34(4,5)6)23-32(31-9-7-8-10-31)24-38(35-17-25-11-26(18-35)13-27(12-25)19-35)36-20-28-14-29(21-36)16-30(15-28)22-36/h25-32H,7-24H2,1-6H3. The molecule has 2 heteroatoms. The molecule has 1 atom stereocenters. The summed E-state index contributed by atoms with van der Waals surface area (Å²) < 4.78 is 0. The van der Waals surface area contributed by atoms with Crippen LogP contribution >= 0.6 is 15.8 Å². The summed E-state index contributed by atoms with van der Waals surface area (Å²) in [4.78, 5) is 0. The molecule has 9 fully saturated rings. The summed E-state index contributed by atoms with van der Waals surface area (Å²) in [6.45, 7) is 15.6. The number of hydrogen-bond acceptors (Lipinski definition) is 0. The fraction of sp³-hybridized carbons (Fsp3) is 1.00. The first-order valence-corrected chi connectivity index (χ1v) is 20.5. The lowest BCUT2D eigenvalue weighted by atomic mass is 9.55. The molecular formula is C36H62P2. The Morgan fingerprint density at radius 2 is 0.895 bits per heavy atom. The Hall–Kier alpha value is 0.860. The number of rotatable bonds is 7. The molecule has 0 amide bonds. The Bertz CT molecular complexity index is 738. The Morgan fingerprint density at radius 1 is 0.553 bits per heavy atom. The van der Waals surface area contributed by atoms with Crippen LogP contribution in [0.1, 0.15) is 144 Å². The third-order valence-corrected chi connectivity index (χ3v) is 22.0. The molecule has 0 N–H and O–H groups in total. The third-order valence-electron chi connectivity index (χ3n) is 13.7. The largest absolute Gasteiger partial charge is 0.0953 e. The molecule has 0 heterocycles. The van der Waals surface area contributed by atoms with Crippen LogP contribution in [0.15, 0.2) is 0 Å². The molecular weight excluding hydrogens is 494 g/mol. The van der Waals surface area contributed by atoms with Gasteiger partial charge in [0.1, 0.15) is 0 Å². The lowest BCUT2D eigenvalue weighted by Gasteiger charge is -2.68. The molecule has 9 saturated carbocycles. The van der Waals surface area contributed by atoms with E-state index in [4.69, 9.17) is 0 Å². The zero-order chi connectivity index (χ0) is 26.5. The fourth-order valence-corrected chi connectivity index (χ4v) is 23.2. The molecule has 9 aliphatic carbocycles. The van der Waals surface area contributed by atoms with Gasteiger partial charge in [0.05, 0.1) is 0 Å². The van der Waals surface area contributed by atoms with Crippen LogP contribution in [0.2, 0.25) is 0 Å². The minimum absolute atomic E-state index is 0.0152. The van der Waals surface area contributed by atoms with Gasteiger partial charge >= 0.3 is 0 Å². The Balaban J connectivity index is 1.26. The van der Waals surface area contributed by atoms with Gasteiger partial charge in [0.15, 0.2) is 0 Å². The second kappa shape index (κ2) is 9.69. The third kappa shape index (κ3) is 4.95. The first-order chi connectivity index (χ1) is 17.9. The van der Waals surface area contributed by atoms with Crippen LogP contribution in [0.4, 0.5) is 0 Å². The Kier molecular flexibility index (Phi) is 7.06. The lowest BCUT2D eigenvalue weighted by Crippen LogP contribution is -2.57. The molecule has 0 aromatic rings.